The number of nitrogens with zero attached hydrogens (tertiary/aromatic N) is 2. The molecule has 3 aromatic rings. The average Bonchev–Trinajstić information content (AvgIpc) is 3.18. The van der Waals surface area contributed by atoms with Gasteiger partial charge in [0.25, 0.3) is 11.1 Å². The SMILES string of the molecule is COc1ccc(-c2nnc(SCC(=O)Nc3cccc(C)c3C)o2)c(OC)c1. The van der Waals surface area contributed by atoms with Gasteiger partial charge in [-0.25, -0.2) is 0 Å². The van der Waals surface area contributed by atoms with Crippen LogP contribution in [0.1, 0.15) is 11.1 Å². The van der Waals surface area contributed by atoms with Gasteiger partial charge in [-0.3, -0.25) is 4.79 Å². The van der Waals surface area contributed by atoms with E-state index in [4.69, 9.17) is 13.9 Å². The molecule has 7 nitrogen and oxygen atoms in total. The zero-order valence-corrected chi connectivity index (χ0v) is 16.9. The van der Waals surface area contributed by atoms with E-state index >= 15 is 0 Å². The van der Waals surface area contributed by atoms with Crippen molar-refractivity contribution in [3.8, 4) is 23.0 Å². The first kappa shape index (κ1) is 19.8. The number of aryl methyl sites for hydroxylation is 1. The number of anilines is 1. The Morgan fingerprint density at radius 1 is 1.14 bits per heavy atom. The van der Waals surface area contributed by atoms with E-state index in [1.807, 2.05) is 32.0 Å². The van der Waals surface area contributed by atoms with Crippen LogP contribution >= 0.6 is 11.8 Å². The Labute approximate surface area is 167 Å². The molecule has 0 aliphatic heterocycles. The summed E-state index contributed by atoms with van der Waals surface area (Å²) in [4.78, 5) is 12.2. The molecule has 28 heavy (non-hydrogen) atoms. The lowest BCUT2D eigenvalue weighted by Gasteiger charge is -2.09. The summed E-state index contributed by atoms with van der Waals surface area (Å²) in [5, 5.41) is 11.3. The minimum Gasteiger partial charge on any atom is -0.497 e. The molecule has 8 heteroatoms. The van der Waals surface area contributed by atoms with Gasteiger partial charge < -0.3 is 19.2 Å². The Kier molecular flexibility index (Phi) is 6.20. The van der Waals surface area contributed by atoms with Crippen LogP contribution in [0.25, 0.3) is 11.5 Å². The summed E-state index contributed by atoms with van der Waals surface area (Å²) in [6.45, 7) is 3.98. The highest BCUT2D eigenvalue weighted by Crippen LogP contribution is 2.33. The molecule has 146 valence electrons. The van der Waals surface area contributed by atoms with Crippen molar-refractivity contribution in [2.45, 2.75) is 19.1 Å². The second kappa shape index (κ2) is 8.79. The monoisotopic (exact) mass is 399 g/mol. The lowest BCUT2D eigenvalue weighted by Crippen LogP contribution is -2.15. The molecule has 0 aliphatic rings. The number of hydrogen-bond acceptors (Lipinski definition) is 7. The predicted octanol–water partition coefficient (Wildman–Crippen LogP) is 4.10. The average molecular weight is 399 g/mol. The first-order valence-electron chi connectivity index (χ1n) is 8.56. The Morgan fingerprint density at radius 3 is 2.71 bits per heavy atom. The third kappa shape index (κ3) is 4.45. The molecule has 0 aliphatic carbocycles. The molecule has 0 saturated carbocycles. The van der Waals surface area contributed by atoms with Crippen LogP contribution < -0.4 is 14.8 Å². The molecule has 2 aromatic carbocycles. The summed E-state index contributed by atoms with van der Waals surface area (Å²) in [5.41, 5.74) is 3.63. The smallest absolute Gasteiger partial charge is 0.277 e. The second-order valence-corrected chi connectivity index (χ2v) is 6.95. The second-order valence-electron chi connectivity index (χ2n) is 6.02. The molecule has 0 bridgehead atoms. The van der Waals surface area contributed by atoms with Gasteiger partial charge in [0.15, 0.2) is 0 Å². The van der Waals surface area contributed by atoms with E-state index in [9.17, 15) is 4.79 Å². The highest BCUT2D eigenvalue weighted by molar-refractivity contribution is 7.99. The number of aromatic nitrogens is 2. The van der Waals surface area contributed by atoms with E-state index in [2.05, 4.69) is 15.5 Å². The van der Waals surface area contributed by atoms with Crippen LogP contribution in [-0.2, 0) is 4.79 Å². The van der Waals surface area contributed by atoms with Crippen LogP contribution in [0.4, 0.5) is 5.69 Å². The molecule has 0 unspecified atom stereocenters. The number of methoxy groups -OCH3 is 2. The van der Waals surface area contributed by atoms with E-state index < -0.39 is 0 Å². The summed E-state index contributed by atoms with van der Waals surface area (Å²) in [5.74, 6) is 1.57. The van der Waals surface area contributed by atoms with Crippen molar-refractivity contribution in [2.75, 3.05) is 25.3 Å². The van der Waals surface area contributed by atoms with Gasteiger partial charge in [-0.05, 0) is 43.2 Å². The number of carbonyl (C=O) groups excluding carboxylic acids is 1. The highest BCUT2D eigenvalue weighted by atomic mass is 32.2. The molecule has 1 aromatic heterocycles. The fraction of sp³-hybridized carbons (Fsp3) is 0.250. The molecule has 0 fully saturated rings. The number of benzene rings is 2. The van der Waals surface area contributed by atoms with Gasteiger partial charge in [-0.1, -0.05) is 23.9 Å². The zero-order valence-electron chi connectivity index (χ0n) is 16.1. The molecule has 3 rings (SSSR count). The first-order chi connectivity index (χ1) is 13.5. The van der Waals surface area contributed by atoms with Gasteiger partial charge in [0.2, 0.25) is 5.91 Å². The molecule has 1 amide bonds. The molecular weight excluding hydrogens is 378 g/mol. The van der Waals surface area contributed by atoms with Crippen molar-refractivity contribution in [3.05, 3.63) is 47.5 Å². The number of rotatable bonds is 7. The number of nitrogens with one attached hydrogen (secondary N) is 1. The molecule has 0 spiro atoms. The third-order valence-corrected chi connectivity index (χ3v) is 5.07. The molecule has 1 heterocycles. The quantitative estimate of drug-likeness (QED) is 0.599. The van der Waals surface area contributed by atoms with Gasteiger partial charge in [0, 0.05) is 11.8 Å². The number of hydrogen-bond donors (Lipinski definition) is 1. The topological polar surface area (TPSA) is 86.5 Å². The van der Waals surface area contributed by atoms with Gasteiger partial charge in [-0.15, -0.1) is 10.2 Å². The Balaban J connectivity index is 1.65. The van der Waals surface area contributed by atoms with Crippen molar-refractivity contribution < 1.29 is 18.7 Å². The van der Waals surface area contributed by atoms with Crippen molar-refractivity contribution in [1.82, 2.24) is 10.2 Å². The van der Waals surface area contributed by atoms with E-state index in [0.717, 1.165) is 16.8 Å². The van der Waals surface area contributed by atoms with Crippen LogP contribution in [-0.4, -0.2) is 36.1 Å². The van der Waals surface area contributed by atoms with E-state index in [1.54, 1.807) is 32.4 Å². The highest BCUT2D eigenvalue weighted by Gasteiger charge is 2.16. The molecular formula is C20H21N3O4S. The van der Waals surface area contributed by atoms with Crippen molar-refractivity contribution >= 4 is 23.4 Å². The van der Waals surface area contributed by atoms with Crippen LogP contribution in [0.5, 0.6) is 11.5 Å². The predicted molar refractivity (Wildman–Crippen MR) is 108 cm³/mol. The van der Waals surface area contributed by atoms with Crippen molar-refractivity contribution in [3.63, 3.8) is 0 Å². The zero-order chi connectivity index (χ0) is 20.1. The van der Waals surface area contributed by atoms with Gasteiger partial charge in [0.05, 0.1) is 25.5 Å². The Morgan fingerprint density at radius 2 is 1.96 bits per heavy atom. The van der Waals surface area contributed by atoms with E-state index in [0.29, 0.717) is 28.2 Å². The normalized spacial score (nSPS) is 10.6. The van der Waals surface area contributed by atoms with E-state index in [1.165, 1.54) is 11.8 Å². The Hall–Kier alpha value is -3.00. The number of ether oxygens (including phenoxy) is 2. The maximum Gasteiger partial charge on any atom is 0.277 e. The van der Waals surface area contributed by atoms with Crippen LogP contribution in [0.2, 0.25) is 0 Å². The summed E-state index contributed by atoms with van der Waals surface area (Å²) in [6, 6.07) is 11.1. The maximum absolute atomic E-state index is 12.2. The van der Waals surface area contributed by atoms with Crippen molar-refractivity contribution in [2.24, 2.45) is 0 Å². The van der Waals surface area contributed by atoms with Gasteiger partial charge in [0.1, 0.15) is 11.5 Å². The number of carbonyl (C=O) groups is 1. The van der Waals surface area contributed by atoms with Crippen molar-refractivity contribution in [1.29, 1.82) is 0 Å². The molecule has 0 radical (unpaired) electrons. The van der Waals surface area contributed by atoms with E-state index in [-0.39, 0.29) is 11.7 Å². The summed E-state index contributed by atoms with van der Waals surface area (Å²) < 4.78 is 16.2. The third-order valence-electron chi connectivity index (χ3n) is 4.25. The first-order valence-corrected chi connectivity index (χ1v) is 9.55. The summed E-state index contributed by atoms with van der Waals surface area (Å²) in [6.07, 6.45) is 0. The standard InChI is InChI=1S/C20H21N3O4S/c1-12-6-5-7-16(13(12)2)21-18(24)11-28-20-23-22-19(27-20)15-9-8-14(25-3)10-17(15)26-4/h5-10H,11H2,1-4H3,(H,21,24). The number of amides is 1. The van der Waals surface area contributed by atoms with Gasteiger partial charge >= 0.3 is 0 Å². The minimum absolute atomic E-state index is 0.138. The largest absolute Gasteiger partial charge is 0.497 e. The van der Waals surface area contributed by atoms with Crippen LogP contribution in [0.15, 0.2) is 46.0 Å². The lowest BCUT2D eigenvalue weighted by molar-refractivity contribution is -0.113. The maximum atomic E-state index is 12.2. The summed E-state index contributed by atoms with van der Waals surface area (Å²) in [7, 11) is 3.14. The molecule has 0 saturated heterocycles. The minimum atomic E-state index is -0.138. The van der Waals surface area contributed by atoms with Gasteiger partial charge in [-0.2, -0.15) is 0 Å². The van der Waals surface area contributed by atoms with Crippen LogP contribution in [0, 0.1) is 13.8 Å². The molecule has 0 atom stereocenters. The fourth-order valence-corrected chi connectivity index (χ4v) is 3.12. The van der Waals surface area contributed by atoms with Crippen LogP contribution in [0.3, 0.4) is 0 Å². The fourth-order valence-electron chi connectivity index (χ4n) is 2.55. The summed E-state index contributed by atoms with van der Waals surface area (Å²) >= 11 is 1.18. The molecule has 1 N–H and O–H groups in total. The number of thioether (sulfide) groups is 1. The lowest BCUT2D eigenvalue weighted by atomic mass is 10.1. The Bertz CT molecular complexity index is 987.